The van der Waals surface area contributed by atoms with E-state index in [9.17, 15) is 0 Å². The van der Waals surface area contributed by atoms with Crippen LogP contribution in [0.3, 0.4) is 0 Å². The molecule has 1 aromatic carbocycles. The number of aromatic nitrogens is 1. The van der Waals surface area contributed by atoms with E-state index < -0.39 is 0 Å². The topological polar surface area (TPSA) is 48.1 Å². The van der Waals surface area contributed by atoms with Gasteiger partial charge in [-0.25, -0.2) is 0 Å². The molecule has 1 fully saturated rings. The first-order valence-electron chi connectivity index (χ1n) is 8.04. The summed E-state index contributed by atoms with van der Waals surface area (Å²) in [6.45, 7) is 2.18. The molecule has 112 valence electrons. The van der Waals surface area contributed by atoms with E-state index >= 15 is 0 Å². The van der Waals surface area contributed by atoms with Crippen LogP contribution in [0.5, 0.6) is 5.75 Å². The molecule has 1 unspecified atom stereocenters. The molecule has 0 saturated heterocycles. The Balaban J connectivity index is 1.67. The Morgan fingerprint density at radius 2 is 1.95 bits per heavy atom. The molecular weight excluding hydrogens is 260 g/mol. The van der Waals surface area contributed by atoms with Gasteiger partial charge >= 0.3 is 0 Å². The number of hydrogen-bond acceptors (Lipinski definition) is 3. The monoisotopic (exact) mass is 284 g/mol. The molecule has 0 bridgehead atoms. The van der Waals surface area contributed by atoms with E-state index in [4.69, 9.17) is 10.5 Å². The van der Waals surface area contributed by atoms with Crippen LogP contribution in [0.25, 0.3) is 10.9 Å². The van der Waals surface area contributed by atoms with Crippen LogP contribution in [0.15, 0.2) is 36.5 Å². The fourth-order valence-electron chi connectivity index (χ4n) is 3.32. The van der Waals surface area contributed by atoms with Crippen LogP contribution in [0.1, 0.15) is 39.0 Å². The summed E-state index contributed by atoms with van der Waals surface area (Å²) in [6, 6.07) is 10.5. The van der Waals surface area contributed by atoms with Gasteiger partial charge in [-0.2, -0.15) is 0 Å². The van der Waals surface area contributed by atoms with Gasteiger partial charge in [-0.05, 0) is 56.2 Å². The standard InChI is InChI=1S/C18H24N2O/c1-2-16(19)13-7-9-14(10-8-13)21-18-11-12-20-17-6-4-3-5-15(17)18/h3-6,11-14,16H,2,7-10,19H2,1H3/t13-,14-,16?. The number of benzene rings is 1. The number of ether oxygens (including phenoxy) is 1. The maximum atomic E-state index is 6.25. The number of pyridine rings is 1. The zero-order chi connectivity index (χ0) is 14.7. The lowest BCUT2D eigenvalue weighted by molar-refractivity contribution is 0.124. The molecule has 1 atom stereocenters. The summed E-state index contributed by atoms with van der Waals surface area (Å²) in [7, 11) is 0. The van der Waals surface area contributed by atoms with Gasteiger partial charge in [0.1, 0.15) is 5.75 Å². The predicted octanol–water partition coefficient (Wildman–Crippen LogP) is 3.91. The van der Waals surface area contributed by atoms with Crippen molar-refractivity contribution < 1.29 is 4.74 Å². The van der Waals surface area contributed by atoms with E-state index in [1.165, 1.54) is 12.8 Å². The molecule has 1 aromatic heterocycles. The number of nitrogens with zero attached hydrogens (tertiary/aromatic N) is 1. The van der Waals surface area contributed by atoms with E-state index in [-0.39, 0.29) is 0 Å². The van der Waals surface area contributed by atoms with Crippen molar-refractivity contribution >= 4 is 10.9 Å². The molecule has 0 amide bonds. The molecular formula is C18H24N2O. The van der Waals surface area contributed by atoms with Crippen molar-refractivity contribution in [2.24, 2.45) is 11.7 Å². The highest BCUT2D eigenvalue weighted by atomic mass is 16.5. The van der Waals surface area contributed by atoms with Gasteiger partial charge in [0.2, 0.25) is 0 Å². The number of para-hydroxylation sites is 1. The second-order valence-corrected chi connectivity index (χ2v) is 6.05. The van der Waals surface area contributed by atoms with E-state index in [0.29, 0.717) is 18.1 Å². The van der Waals surface area contributed by atoms with Gasteiger partial charge < -0.3 is 10.5 Å². The first-order valence-corrected chi connectivity index (χ1v) is 8.04. The van der Waals surface area contributed by atoms with Gasteiger partial charge in [0, 0.05) is 17.6 Å². The maximum absolute atomic E-state index is 6.25. The normalized spacial score (nSPS) is 23.9. The summed E-state index contributed by atoms with van der Waals surface area (Å²) < 4.78 is 6.25. The van der Waals surface area contributed by atoms with Crippen LogP contribution in [-0.4, -0.2) is 17.1 Å². The summed E-state index contributed by atoms with van der Waals surface area (Å²) in [5.74, 6) is 1.63. The number of fused-ring (bicyclic) bond motifs is 1. The van der Waals surface area contributed by atoms with Crippen LogP contribution in [-0.2, 0) is 0 Å². The highest BCUT2D eigenvalue weighted by Crippen LogP contribution is 2.32. The van der Waals surface area contributed by atoms with E-state index in [1.807, 2.05) is 30.5 Å². The minimum Gasteiger partial charge on any atom is -0.490 e. The Morgan fingerprint density at radius 1 is 1.19 bits per heavy atom. The number of nitrogens with two attached hydrogens (primary N) is 1. The largest absolute Gasteiger partial charge is 0.490 e. The van der Waals surface area contributed by atoms with Gasteiger partial charge in [0.05, 0.1) is 11.6 Å². The van der Waals surface area contributed by atoms with Crippen molar-refractivity contribution in [3.05, 3.63) is 36.5 Å². The second kappa shape index (κ2) is 6.44. The van der Waals surface area contributed by atoms with Crippen molar-refractivity contribution in [2.75, 3.05) is 0 Å². The highest BCUT2D eigenvalue weighted by molar-refractivity contribution is 5.84. The maximum Gasteiger partial charge on any atom is 0.130 e. The van der Waals surface area contributed by atoms with Crippen molar-refractivity contribution in [3.8, 4) is 5.75 Å². The predicted molar refractivity (Wildman–Crippen MR) is 86.4 cm³/mol. The third-order valence-corrected chi connectivity index (χ3v) is 4.70. The van der Waals surface area contributed by atoms with Gasteiger partial charge in [-0.1, -0.05) is 19.1 Å². The molecule has 1 saturated carbocycles. The van der Waals surface area contributed by atoms with E-state index in [1.54, 1.807) is 0 Å². The fourth-order valence-corrected chi connectivity index (χ4v) is 3.32. The first kappa shape index (κ1) is 14.3. The fraction of sp³-hybridized carbons (Fsp3) is 0.500. The molecule has 2 aromatic rings. The Kier molecular flexibility index (Phi) is 4.39. The van der Waals surface area contributed by atoms with Gasteiger partial charge in [0.15, 0.2) is 0 Å². The first-order chi connectivity index (χ1) is 10.3. The average Bonchev–Trinajstić information content (AvgIpc) is 2.55. The van der Waals surface area contributed by atoms with E-state index in [0.717, 1.165) is 35.9 Å². The summed E-state index contributed by atoms with van der Waals surface area (Å²) in [4.78, 5) is 4.38. The van der Waals surface area contributed by atoms with Gasteiger partial charge in [-0.15, -0.1) is 0 Å². The molecule has 3 rings (SSSR count). The van der Waals surface area contributed by atoms with Gasteiger partial charge in [0.25, 0.3) is 0 Å². The zero-order valence-electron chi connectivity index (χ0n) is 12.7. The van der Waals surface area contributed by atoms with Gasteiger partial charge in [-0.3, -0.25) is 4.98 Å². The molecule has 3 heteroatoms. The van der Waals surface area contributed by atoms with Crippen molar-refractivity contribution in [2.45, 2.75) is 51.2 Å². The molecule has 1 aliphatic carbocycles. The zero-order valence-corrected chi connectivity index (χ0v) is 12.7. The second-order valence-electron chi connectivity index (χ2n) is 6.05. The average molecular weight is 284 g/mol. The Labute approximate surface area is 126 Å². The summed E-state index contributed by atoms with van der Waals surface area (Å²) in [5.41, 5.74) is 7.17. The quantitative estimate of drug-likeness (QED) is 0.926. The van der Waals surface area contributed by atoms with Crippen molar-refractivity contribution in [1.29, 1.82) is 0 Å². The smallest absolute Gasteiger partial charge is 0.130 e. The minimum atomic E-state index is 0.316. The molecule has 1 aliphatic rings. The lowest BCUT2D eigenvalue weighted by Gasteiger charge is -2.32. The van der Waals surface area contributed by atoms with Crippen LogP contribution >= 0.6 is 0 Å². The lowest BCUT2D eigenvalue weighted by atomic mass is 9.82. The minimum absolute atomic E-state index is 0.316. The molecule has 0 radical (unpaired) electrons. The third kappa shape index (κ3) is 3.18. The molecule has 0 spiro atoms. The third-order valence-electron chi connectivity index (χ3n) is 4.70. The SMILES string of the molecule is CCC(N)[C@H]1CC[C@H](Oc2ccnc3ccccc23)CC1. The summed E-state index contributed by atoms with van der Waals surface area (Å²) >= 11 is 0. The van der Waals surface area contributed by atoms with Crippen LogP contribution in [0.2, 0.25) is 0 Å². The molecule has 21 heavy (non-hydrogen) atoms. The Morgan fingerprint density at radius 3 is 2.71 bits per heavy atom. The van der Waals surface area contributed by atoms with E-state index in [2.05, 4.69) is 18.0 Å². The summed E-state index contributed by atoms with van der Waals surface area (Å²) in [6.07, 6.45) is 7.80. The number of hydrogen-bond donors (Lipinski definition) is 1. The number of rotatable bonds is 4. The van der Waals surface area contributed by atoms with Crippen LogP contribution < -0.4 is 10.5 Å². The summed E-state index contributed by atoms with van der Waals surface area (Å²) in [5, 5.41) is 1.10. The van der Waals surface area contributed by atoms with Crippen molar-refractivity contribution in [1.82, 2.24) is 4.98 Å². The molecule has 1 heterocycles. The Bertz CT molecular complexity index is 585. The molecule has 0 aliphatic heterocycles. The Hall–Kier alpha value is -1.61. The molecule has 2 N–H and O–H groups in total. The lowest BCUT2D eigenvalue weighted by Crippen LogP contribution is -2.35. The van der Waals surface area contributed by atoms with Crippen molar-refractivity contribution in [3.63, 3.8) is 0 Å². The van der Waals surface area contributed by atoms with Crippen LogP contribution in [0, 0.1) is 5.92 Å². The molecule has 3 nitrogen and oxygen atoms in total. The highest BCUT2D eigenvalue weighted by Gasteiger charge is 2.26. The van der Waals surface area contributed by atoms with Crippen LogP contribution in [0.4, 0.5) is 0 Å².